The molecule has 6 heteroatoms. The minimum atomic E-state index is -4.25. The second kappa shape index (κ2) is 8.13. The van der Waals surface area contributed by atoms with Gasteiger partial charge in [-0.3, -0.25) is 4.90 Å². The Hall–Kier alpha value is -2.34. The van der Waals surface area contributed by atoms with Gasteiger partial charge in [-0.15, -0.1) is 0 Å². The summed E-state index contributed by atoms with van der Waals surface area (Å²) in [6.45, 7) is 2.50. The zero-order chi connectivity index (χ0) is 19.4. The molecule has 1 saturated heterocycles. The lowest BCUT2D eigenvalue weighted by molar-refractivity contribution is -0.177. The van der Waals surface area contributed by atoms with Crippen LogP contribution in [0.1, 0.15) is 35.7 Å². The van der Waals surface area contributed by atoms with Gasteiger partial charge in [0.25, 0.3) is 0 Å². The van der Waals surface area contributed by atoms with Crippen LogP contribution in [0.2, 0.25) is 0 Å². The van der Waals surface area contributed by atoms with Crippen LogP contribution in [-0.2, 0) is 11.3 Å². The van der Waals surface area contributed by atoms with Crippen molar-refractivity contribution in [1.82, 2.24) is 4.90 Å². The number of ether oxygens (including phenoxy) is 1. The summed E-state index contributed by atoms with van der Waals surface area (Å²) < 4.78 is 45.0. The smallest absolute Gasteiger partial charge is 0.404 e. The molecule has 0 N–H and O–H groups in total. The Morgan fingerprint density at radius 2 is 1.93 bits per heavy atom. The quantitative estimate of drug-likeness (QED) is 0.683. The molecule has 1 atom stereocenters. The van der Waals surface area contributed by atoms with Gasteiger partial charge in [0.05, 0.1) is 12.2 Å². The Bertz CT molecular complexity index is 790. The Morgan fingerprint density at radius 1 is 1.19 bits per heavy atom. The summed E-state index contributed by atoms with van der Waals surface area (Å²) in [7, 11) is 0. The zero-order valence-corrected chi connectivity index (χ0v) is 15.1. The van der Waals surface area contributed by atoms with E-state index < -0.39 is 18.2 Å². The highest BCUT2D eigenvalue weighted by Crippen LogP contribution is 2.35. The number of carbonyl (C=O) groups is 1. The third-order valence-electron chi connectivity index (χ3n) is 4.82. The normalized spacial score (nSPS) is 17.9. The number of likely N-dealkylation sites (tertiary alicyclic amines) is 1. The van der Waals surface area contributed by atoms with Crippen LogP contribution in [0.4, 0.5) is 13.2 Å². The van der Waals surface area contributed by atoms with Crippen molar-refractivity contribution in [2.75, 3.05) is 13.2 Å². The molecule has 1 unspecified atom stereocenters. The van der Waals surface area contributed by atoms with Gasteiger partial charge in [-0.1, -0.05) is 36.4 Å². The van der Waals surface area contributed by atoms with E-state index in [1.54, 1.807) is 25.1 Å². The van der Waals surface area contributed by atoms with Gasteiger partial charge in [0.1, 0.15) is 6.04 Å². The largest absolute Gasteiger partial charge is 0.462 e. The number of hydrogen-bond donors (Lipinski definition) is 0. The van der Waals surface area contributed by atoms with Gasteiger partial charge in [-0.25, -0.2) is 4.79 Å². The Labute approximate surface area is 156 Å². The van der Waals surface area contributed by atoms with Crippen LogP contribution in [-0.4, -0.2) is 36.2 Å². The predicted octanol–water partition coefficient (Wildman–Crippen LogP) is 5.06. The molecule has 0 bridgehead atoms. The molecule has 1 aliphatic rings. The molecule has 0 spiro atoms. The van der Waals surface area contributed by atoms with Crippen molar-refractivity contribution in [3.05, 3.63) is 59.7 Å². The SMILES string of the molecule is CCOC(=O)c1ccc(-c2ccccc2)c(CN2CCCC2C(F)(F)F)c1. The van der Waals surface area contributed by atoms with E-state index in [1.165, 1.54) is 4.90 Å². The van der Waals surface area contributed by atoms with Crippen molar-refractivity contribution in [3.8, 4) is 11.1 Å². The summed E-state index contributed by atoms with van der Waals surface area (Å²) in [5.74, 6) is -0.466. The summed E-state index contributed by atoms with van der Waals surface area (Å²) in [5, 5.41) is 0. The highest BCUT2D eigenvalue weighted by Gasteiger charge is 2.45. The second-order valence-corrected chi connectivity index (χ2v) is 6.63. The van der Waals surface area contributed by atoms with Crippen molar-refractivity contribution >= 4 is 5.97 Å². The van der Waals surface area contributed by atoms with Crippen LogP contribution in [0.15, 0.2) is 48.5 Å². The third-order valence-corrected chi connectivity index (χ3v) is 4.82. The molecule has 0 saturated carbocycles. The predicted molar refractivity (Wildman–Crippen MR) is 97.3 cm³/mol. The van der Waals surface area contributed by atoms with Crippen molar-refractivity contribution in [2.24, 2.45) is 0 Å². The van der Waals surface area contributed by atoms with Crippen LogP contribution in [0.3, 0.4) is 0 Å². The Kier molecular flexibility index (Phi) is 5.85. The Morgan fingerprint density at radius 3 is 2.59 bits per heavy atom. The van der Waals surface area contributed by atoms with Gasteiger partial charge in [-0.2, -0.15) is 13.2 Å². The van der Waals surface area contributed by atoms with Crippen molar-refractivity contribution in [1.29, 1.82) is 0 Å². The van der Waals surface area contributed by atoms with Crippen LogP contribution in [0, 0.1) is 0 Å². The van der Waals surface area contributed by atoms with Gasteiger partial charge in [0, 0.05) is 6.54 Å². The van der Waals surface area contributed by atoms with Gasteiger partial charge >= 0.3 is 12.1 Å². The lowest BCUT2D eigenvalue weighted by Gasteiger charge is -2.27. The Balaban J connectivity index is 1.97. The molecule has 0 radical (unpaired) electrons. The van der Waals surface area contributed by atoms with Gasteiger partial charge < -0.3 is 4.74 Å². The summed E-state index contributed by atoms with van der Waals surface area (Å²) in [4.78, 5) is 13.5. The molecule has 27 heavy (non-hydrogen) atoms. The van der Waals surface area contributed by atoms with E-state index in [2.05, 4.69) is 0 Å². The molecule has 1 heterocycles. The first-order chi connectivity index (χ1) is 12.9. The fraction of sp³-hybridized carbons (Fsp3) is 0.381. The molecular formula is C21H22F3NO2. The van der Waals surface area contributed by atoms with E-state index in [0.29, 0.717) is 24.1 Å². The lowest BCUT2D eigenvalue weighted by atomic mass is 9.97. The number of halogens is 3. The topological polar surface area (TPSA) is 29.5 Å². The van der Waals surface area contributed by atoms with E-state index in [4.69, 9.17) is 4.74 Å². The number of esters is 1. The minimum Gasteiger partial charge on any atom is -0.462 e. The van der Waals surface area contributed by atoms with Crippen molar-refractivity contribution in [2.45, 2.75) is 38.5 Å². The molecule has 3 rings (SSSR count). The maximum Gasteiger partial charge on any atom is 0.404 e. The molecule has 2 aromatic carbocycles. The maximum atomic E-state index is 13.3. The highest BCUT2D eigenvalue weighted by atomic mass is 19.4. The molecule has 1 fully saturated rings. The lowest BCUT2D eigenvalue weighted by Crippen LogP contribution is -2.40. The van der Waals surface area contributed by atoms with E-state index in [1.807, 2.05) is 30.3 Å². The first-order valence-electron chi connectivity index (χ1n) is 9.06. The number of alkyl halides is 3. The zero-order valence-electron chi connectivity index (χ0n) is 15.1. The molecular weight excluding hydrogens is 355 g/mol. The molecule has 0 amide bonds. The standard InChI is InChI=1S/C21H22F3NO2/c1-2-27-20(26)16-10-11-18(15-7-4-3-5-8-15)17(13-16)14-25-12-6-9-19(25)21(22,23)24/h3-5,7-8,10-11,13,19H,2,6,9,12,14H2,1H3. The van der Waals surface area contributed by atoms with Gasteiger partial charge in [0.2, 0.25) is 0 Å². The average molecular weight is 377 g/mol. The van der Waals surface area contributed by atoms with Crippen LogP contribution < -0.4 is 0 Å². The number of hydrogen-bond acceptors (Lipinski definition) is 3. The van der Waals surface area contributed by atoms with Crippen LogP contribution in [0.25, 0.3) is 11.1 Å². The molecule has 1 aliphatic heterocycles. The number of rotatable bonds is 5. The van der Waals surface area contributed by atoms with E-state index in [-0.39, 0.29) is 19.6 Å². The van der Waals surface area contributed by atoms with Crippen molar-refractivity contribution in [3.63, 3.8) is 0 Å². The van der Waals surface area contributed by atoms with E-state index in [9.17, 15) is 18.0 Å². The molecule has 0 aliphatic carbocycles. The molecule has 0 aromatic heterocycles. The fourth-order valence-corrected chi connectivity index (χ4v) is 3.57. The van der Waals surface area contributed by atoms with Crippen LogP contribution in [0.5, 0.6) is 0 Å². The van der Waals surface area contributed by atoms with Crippen LogP contribution >= 0.6 is 0 Å². The maximum absolute atomic E-state index is 13.3. The molecule has 3 nitrogen and oxygen atoms in total. The summed E-state index contributed by atoms with van der Waals surface area (Å²) >= 11 is 0. The number of benzene rings is 2. The van der Waals surface area contributed by atoms with Gasteiger partial charge in [-0.05, 0) is 55.1 Å². The fourth-order valence-electron chi connectivity index (χ4n) is 3.57. The summed E-state index contributed by atoms with van der Waals surface area (Å²) in [6, 6.07) is 13.1. The van der Waals surface area contributed by atoms with E-state index >= 15 is 0 Å². The average Bonchev–Trinajstić information content (AvgIpc) is 3.11. The first-order valence-corrected chi connectivity index (χ1v) is 9.06. The monoisotopic (exact) mass is 377 g/mol. The molecule has 2 aromatic rings. The highest BCUT2D eigenvalue weighted by molar-refractivity contribution is 5.90. The summed E-state index contributed by atoms with van der Waals surface area (Å²) in [5.41, 5.74) is 2.79. The number of carbonyl (C=O) groups excluding carboxylic acids is 1. The minimum absolute atomic E-state index is 0.113. The third kappa shape index (κ3) is 4.50. The van der Waals surface area contributed by atoms with Gasteiger partial charge in [0.15, 0.2) is 0 Å². The summed E-state index contributed by atoms with van der Waals surface area (Å²) in [6.07, 6.45) is -3.62. The van der Waals surface area contributed by atoms with Crippen molar-refractivity contribution < 1.29 is 22.7 Å². The first kappa shape index (κ1) is 19.4. The molecule has 144 valence electrons. The van der Waals surface area contributed by atoms with E-state index in [0.717, 1.165) is 11.1 Å². The second-order valence-electron chi connectivity index (χ2n) is 6.63. The number of nitrogens with zero attached hydrogens (tertiary/aromatic N) is 1.